The lowest BCUT2D eigenvalue weighted by atomic mass is 10.1. The highest BCUT2D eigenvalue weighted by Gasteiger charge is 2.25. The standard InChI is InChI=1S/C36H32ClN3O4S/c1-3-39-34-7-5-4-6-32(34)33-22-28(14-21-35(33)39)38-36(41)24-44-30-17-15-29(16-18-30)40(23-26-10-12-27(37)13-11-26)45(42,43)31-19-8-25(2)9-20-31/h4-22H,3,23-24H2,1-2H3,(H,38,41). The molecular formula is C36H32ClN3O4S. The number of hydrogen-bond donors (Lipinski definition) is 1. The fraction of sp³-hybridized carbons (Fsp3) is 0.139. The van der Waals surface area contributed by atoms with Crippen molar-refractivity contribution in [3.05, 3.63) is 131 Å². The molecule has 6 aromatic rings. The Labute approximate surface area is 267 Å². The van der Waals surface area contributed by atoms with Crippen molar-refractivity contribution < 1.29 is 17.9 Å². The Morgan fingerprint density at radius 1 is 0.844 bits per heavy atom. The fourth-order valence-electron chi connectivity index (χ4n) is 5.43. The van der Waals surface area contributed by atoms with E-state index in [9.17, 15) is 13.2 Å². The molecule has 1 amide bonds. The van der Waals surface area contributed by atoms with Crippen molar-refractivity contribution in [1.82, 2.24) is 4.57 Å². The maximum absolute atomic E-state index is 13.8. The second kappa shape index (κ2) is 12.7. The Morgan fingerprint density at radius 3 is 2.24 bits per heavy atom. The van der Waals surface area contributed by atoms with Crippen molar-refractivity contribution >= 4 is 60.7 Å². The van der Waals surface area contributed by atoms with E-state index >= 15 is 0 Å². The van der Waals surface area contributed by atoms with Gasteiger partial charge in [-0.05, 0) is 92.2 Å². The van der Waals surface area contributed by atoms with Crippen molar-refractivity contribution in [3.8, 4) is 5.75 Å². The molecule has 0 spiro atoms. The molecule has 1 N–H and O–H groups in total. The first kappa shape index (κ1) is 30.2. The molecule has 0 bridgehead atoms. The third-order valence-electron chi connectivity index (χ3n) is 7.72. The number of sulfonamides is 1. The summed E-state index contributed by atoms with van der Waals surface area (Å²) in [4.78, 5) is 13.0. The first-order valence-electron chi connectivity index (χ1n) is 14.6. The van der Waals surface area contributed by atoms with Crippen molar-refractivity contribution in [1.29, 1.82) is 0 Å². The van der Waals surface area contributed by atoms with Gasteiger partial charge < -0.3 is 14.6 Å². The predicted molar refractivity (Wildman–Crippen MR) is 182 cm³/mol. The summed E-state index contributed by atoms with van der Waals surface area (Å²) in [7, 11) is -3.89. The first-order chi connectivity index (χ1) is 21.7. The number of hydrogen-bond acceptors (Lipinski definition) is 4. The van der Waals surface area contributed by atoms with Gasteiger partial charge >= 0.3 is 0 Å². The molecular weight excluding hydrogens is 606 g/mol. The van der Waals surface area contributed by atoms with Gasteiger partial charge in [0.05, 0.1) is 17.1 Å². The van der Waals surface area contributed by atoms with Gasteiger partial charge in [-0.15, -0.1) is 0 Å². The van der Waals surface area contributed by atoms with Gasteiger partial charge in [0.15, 0.2) is 6.61 Å². The van der Waals surface area contributed by atoms with Crippen LogP contribution in [0.25, 0.3) is 21.8 Å². The third-order valence-corrected chi connectivity index (χ3v) is 9.76. The zero-order chi connectivity index (χ0) is 31.6. The van der Waals surface area contributed by atoms with E-state index in [0.717, 1.165) is 39.5 Å². The number of fused-ring (bicyclic) bond motifs is 3. The van der Waals surface area contributed by atoms with Crippen LogP contribution in [0.15, 0.2) is 120 Å². The number of benzene rings is 5. The highest BCUT2D eigenvalue weighted by atomic mass is 35.5. The van der Waals surface area contributed by atoms with E-state index in [1.165, 1.54) is 4.31 Å². The van der Waals surface area contributed by atoms with Crippen LogP contribution in [0.2, 0.25) is 5.02 Å². The number of para-hydroxylation sites is 1. The van der Waals surface area contributed by atoms with Gasteiger partial charge in [-0.25, -0.2) is 8.42 Å². The molecule has 7 nitrogen and oxygen atoms in total. The number of carbonyl (C=O) groups is 1. The van der Waals surface area contributed by atoms with Crippen molar-refractivity contribution in [2.45, 2.75) is 31.8 Å². The van der Waals surface area contributed by atoms with E-state index in [-0.39, 0.29) is 24.0 Å². The summed E-state index contributed by atoms with van der Waals surface area (Å²) >= 11 is 6.06. The topological polar surface area (TPSA) is 80.6 Å². The number of aryl methyl sites for hydroxylation is 2. The number of halogens is 1. The highest BCUT2D eigenvalue weighted by molar-refractivity contribution is 7.92. The van der Waals surface area contributed by atoms with Gasteiger partial charge in [-0.1, -0.05) is 59.6 Å². The van der Waals surface area contributed by atoms with Crippen LogP contribution in [0.4, 0.5) is 11.4 Å². The van der Waals surface area contributed by atoms with E-state index < -0.39 is 10.0 Å². The summed E-state index contributed by atoms with van der Waals surface area (Å²) in [6.45, 7) is 4.78. The zero-order valence-corrected chi connectivity index (χ0v) is 26.5. The third kappa shape index (κ3) is 6.38. The number of carbonyl (C=O) groups excluding carboxylic acids is 1. The van der Waals surface area contributed by atoms with Gasteiger partial charge in [0.25, 0.3) is 15.9 Å². The second-order valence-electron chi connectivity index (χ2n) is 10.8. The van der Waals surface area contributed by atoms with E-state index in [1.807, 2.05) is 37.3 Å². The molecule has 0 aliphatic rings. The van der Waals surface area contributed by atoms with Crippen molar-refractivity contribution in [2.75, 3.05) is 16.2 Å². The number of rotatable bonds is 10. The Morgan fingerprint density at radius 2 is 1.53 bits per heavy atom. The van der Waals surface area contributed by atoms with E-state index in [4.69, 9.17) is 16.3 Å². The van der Waals surface area contributed by atoms with Gasteiger partial charge in [-0.2, -0.15) is 0 Å². The number of anilines is 2. The molecule has 1 heterocycles. The quantitative estimate of drug-likeness (QED) is 0.164. The molecule has 0 atom stereocenters. The first-order valence-corrected chi connectivity index (χ1v) is 16.4. The van der Waals surface area contributed by atoms with Gasteiger partial charge in [-0.3, -0.25) is 9.10 Å². The van der Waals surface area contributed by atoms with Crippen LogP contribution in [0.3, 0.4) is 0 Å². The SMILES string of the molecule is CCn1c2ccccc2c2cc(NC(=O)COc3ccc(N(Cc4ccc(Cl)cc4)S(=O)(=O)c4ccc(C)cc4)cc3)ccc21. The maximum atomic E-state index is 13.8. The monoisotopic (exact) mass is 637 g/mol. The van der Waals surface area contributed by atoms with Crippen molar-refractivity contribution in [2.24, 2.45) is 0 Å². The number of ether oxygens (including phenoxy) is 1. The van der Waals surface area contributed by atoms with Gasteiger partial charge in [0.1, 0.15) is 5.75 Å². The Bertz CT molecular complexity index is 2090. The van der Waals surface area contributed by atoms with Crippen LogP contribution in [0.1, 0.15) is 18.1 Å². The number of nitrogens with zero attached hydrogens (tertiary/aromatic N) is 2. The van der Waals surface area contributed by atoms with Crippen LogP contribution in [0, 0.1) is 6.92 Å². The molecule has 5 aromatic carbocycles. The Balaban J connectivity index is 1.17. The van der Waals surface area contributed by atoms with Crippen LogP contribution >= 0.6 is 11.6 Å². The largest absolute Gasteiger partial charge is 0.484 e. The summed E-state index contributed by atoms with van der Waals surface area (Å²) in [6.07, 6.45) is 0. The molecule has 0 saturated carbocycles. The summed E-state index contributed by atoms with van der Waals surface area (Å²) in [5.41, 5.74) is 5.16. The summed E-state index contributed by atoms with van der Waals surface area (Å²) in [5.74, 6) is 0.138. The molecule has 6 rings (SSSR count). The van der Waals surface area contributed by atoms with Crippen LogP contribution in [-0.4, -0.2) is 25.5 Å². The van der Waals surface area contributed by atoms with Gasteiger partial charge in [0.2, 0.25) is 0 Å². The molecule has 0 saturated heterocycles. The van der Waals surface area contributed by atoms with Gasteiger partial charge in [0, 0.05) is 39.1 Å². The zero-order valence-electron chi connectivity index (χ0n) is 24.9. The molecule has 1 aromatic heterocycles. The normalized spacial score (nSPS) is 11.5. The number of nitrogens with one attached hydrogen (secondary N) is 1. The molecule has 0 aliphatic heterocycles. The molecule has 0 radical (unpaired) electrons. The lowest BCUT2D eigenvalue weighted by Crippen LogP contribution is -2.30. The fourth-order valence-corrected chi connectivity index (χ4v) is 7.01. The molecule has 45 heavy (non-hydrogen) atoms. The maximum Gasteiger partial charge on any atom is 0.264 e. The minimum atomic E-state index is -3.89. The Kier molecular flexibility index (Phi) is 8.52. The molecule has 0 fully saturated rings. The van der Waals surface area contributed by atoms with E-state index in [0.29, 0.717) is 22.1 Å². The second-order valence-corrected chi connectivity index (χ2v) is 13.1. The minimum Gasteiger partial charge on any atom is -0.484 e. The smallest absolute Gasteiger partial charge is 0.264 e. The highest BCUT2D eigenvalue weighted by Crippen LogP contribution is 2.31. The van der Waals surface area contributed by atoms with Crippen LogP contribution in [-0.2, 0) is 27.9 Å². The number of amides is 1. The molecule has 0 aliphatic carbocycles. The molecule has 9 heteroatoms. The summed E-state index contributed by atoms with van der Waals surface area (Å²) in [6, 6.07) is 34.6. The van der Waals surface area contributed by atoms with Crippen LogP contribution in [0.5, 0.6) is 5.75 Å². The average Bonchev–Trinajstić information content (AvgIpc) is 3.37. The predicted octanol–water partition coefficient (Wildman–Crippen LogP) is 8.19. The minimum absolute atomic E-state index is 0.108. The molecule has 228 valence electrons. The summed E-state index contributed by atoms with van der Waals surface area (Å²) in [5, 5.41) is 5.71. The van der Waals surface area contributed by atoms with Crippen molar-refractivity contribution in [3.63, 3.8) is 0 Å². The lowest BCUT2D eigenvalue weighted by Gasteiger charge is -2.25. The molecule has 0 unspecified atom stereocenters. The number of aromatic nitrogens is 1. The van der Waals surface area contributed by atoms with E-state index in [2.05, 4.69) is 28.9 Å². The lowest BCUT2D eigenvalue weighted by molar-refractivity contribution is -0.118. The summed E-state index contributed by atoms with van der Waals surface area (Å²) < 4.78 is 36.9. The van der Waals surface area contributed by atoms with E-state index in [1.54, 1.807) is 72.8 Å². The Hall–Kier alpha value is -4.79. The average molecular weight is 638 g/mol. The van der Waals surface area contributed by atoms with Crippen LogP contribution < -0.4 is 14.4 Å².